The van der Waals surface area contributed by atoms with Crippen LogP contribution in [0.4, 0.5) is 0 Å². The lowest BCUT2D eigenvalue weighted by Crippen LogP contribution is -2.60. The van der Waals surface area contributed by atoms with E-state index in [1.807, 2.05) is 137 Å². The summed E-state index contributed by atoms with van der Waals surface area (Å²) in [5, 5.41) is 17.4. The monoisotopic (exact) mass is 966 g/mol. The Hall–Kier alpha value is -5.97. The van der Waals surface area contributed by atoms with Gasteiger partial charge in [-0.25, -0.2) is 0 Å². The van der Waals surface area contributed by atoms with Crippen molar-refractivity contribution in [3.8, 4) is 0 Å². The van der Waals surface area contributed by atoms with Crippen molar-refractivity contribution in [1.29, 1.82) is 0 Å². The summed E-state index contributed by atoms with van der Waals surface area (Å²) >= 11 is 0. The summed E-state index contributed by atoms with van der Waals surface area (Å²) in [6.45, 7) is 14.2. The molecule has 5 rings (SSSR count). The normalized spacial score (nSPS) is 17.3. The third kappa shape index (κ3) is 19.1. The molecule has 2 aliphatic rings. The van der Waals surface area contributed by atoms with Crippen LogP contribution in [-0.2, 0) is 62.3 Å². The zero-order chi connectivity index (χ0) is 50.6. The summed E-state index contributed by atoms with van der Waals surface area (Å²) in [7, 11) is 0. The van der Waals surface area contributed by atoms with E-state index in [2.05, 4.69) is 31.9 Å². The quantitative estimate of drug-likeness (QED) is 0.0583. The maximum Gasteiger partial charge on any atom is 0.243 e. The Balaban J connectivity index is 1.35. The average Bonchev–Trinajstić information content (AvgIpc) is 4.18. The number of Topliss-reactive ketones (excluding diaryl/α,β-unsaturated/α-hetero) is 1. The Bertz CT molecular complexity index is 2150. The highest BCUT2D eigenvalue weighted by Gasteiger charge is 2.39. The molecule has 6 amide bonds. The molecule has 2 aliphatic heterocycles. The molecular formula is C54H75N7O9. The Morgan fingerprint density at radius 1 is 0.500 bits per heavy atom. The van der Waals surface area contributed by atoms with E-state index in [-0.39, 0.29) is 68.1 Å². The Morgan fingerprint density at radius 2 is 0.871 bits per heavy atom. The number of ether oxygens (including phenoxy) is 2. The second-order valence-corrected chi connectivity index (χ2v) is 19.8. The van der Waals surface area contributed by atoms with Crippen LogP contribution < -0.4 is 31.9 Å². The molecule has 0 aromatic heterocycles. The maximum atomic E-state index is 14.6. The summed E-state index contributed by atoms with van der Waals surface area (Å²) in [4.78, 5) is 100. The molecule has 380 valence electrons. The van der Waals surface area contributed by atoms with E-state index in [0.29, 0.717) is 45.8 Å². The first kappa shape index (κ1) is 55.0. The van der Waals surface area contributed by atoms with Crippen molar-refractivity contribution in [2.24, 2.45) is 17.8 Å². The molecule has 0 saturated carbocycles. The number of carbonyl (C=O) groups is 7. The molecule has 3 aromatic carbocycles. The van der Waals surface area contributed by atoms with Gasteiger partial charge in [0.25, 0.3) is 0 Å². The zero-order valence-electron chi connectivity index (χ0n) is 41.7. The Labute approximate surface area is 413 Å². The van der Waals surface area contributed by atoms with Crippen LogP contribution >= 0.6 is 0 Å². The van der Waals surface area contributed by atoms with Gasteiger partial charge in [0.15, 0.2) is 5.78 Å². The summed E-state index contributed by atoms with van der Waals surface area (Å²) in [5.74, 6) is -3.51. The second kappa shape index (κ2) is 28.0. The fourth-order valence-electron chi connectivity index (χ4n) is 8.47. The van der Waals surface area contributed by atoms with Gasteiger partial charge < -0.3 is 41.4 Å². The number of morpholine rings is 1. The van der Waals surface area contributed by atoms with Gasteiger partial charge in [-0.1, -0.05) is 133 Å². The van der Waals surface area contributed by atoms with Crippen molar-refractivity contribution in [2.45, 2.75) is 129 Å². The van der Waals surface area contributed by atoms with E-state index in [9.17, 15) is 33.6 Å². The van der Waals surface area contributed by atoms with Crippen molar-refractivity contribution in [3.63, 3.8) is 0 Å². The molecule has 2 heterocycles. The minimum atomic E-state index is -1.19. The van der Waals surface area contributed by atoms with E-state index in [0.717, 1.165) is 16.7 Å². The number of nitrogens with zero attached hydrogens (tertiary/aromatic N) is 1. The van der Waals surface area contributed by atoms with E-state index < -0.39 is 71.9 Å². The van der Waals surface area contributed by atoms with Crippen LogP contribution in [0.25, 0.3) is 0 Å². The SMILES string of the molecule is CC(C)C[C@H](NC(=O)[C@H](CCc1ccccc1)NC(=O)CN1CCOCC1)C(=O)N[C@@H](Cc1ccccc1)C(=O)N[C@@H](CC(C)C)C(=O)N[C@@H](Cc1ccccc1)C(=O)N[C@@H](CC(C)C)C(=O)C1CO1. The summed E-state index contributed by atoms with van der Waals surface area (Å²) in [6, 6.07) is 21.7. The molecule has 0 bridgehead atoms. The van der Waals surface area contributed by atoms with E-state index >= 15 is 0 Å². The van der Waals surface area contributed by atoms with Gasteiger partial charge in [0.05, 0.1) is 32.4 Å². The van der Waals surface area contributed by atoms with Crippen LogP contribution in [0.15, 0.2) is 91.0 Å². The van der Waals surface area contributed by atoms with Gasteiger partial charge in [-0.2, -0.15) is 0 Å². The number of aryl methyl sites for hydroxylation is 1. The van der Waals surface area contributed by atoms with Crippen LogP contribution in [0.3, 0.4) is 0 Å². The number of epoxide rings is 1. The summed E-state index contributed by atoms with van der Waals surface area (Å²) in [5.41, 5.74) is 2.50. The fraction of sp³-hybridized carbons (Fsp3) is 0.537. The van der Waals surface area contributed by atoms with Gasteiger partial charge in [0, 0.05) is 25.9 Å². The molecule has 1 unspecified atom stereocenters. The van der Waals surface area contributed by atoms with Gasteiger partial charge in [-0.15, -0.1) is 0 Å². The molecule has 0 spiro atoms. The largest absolute Gasteiger partial charge is 0.379 e. The molecule has 0 aliphatic carbocycles. The first-order valence-corrected chi connectivity index (χ1v) is 24.9. The lowest BCUT2D eigenvalue weighted by Gasteiger charge is -2.29. The molecule has 0 radical (unpaired) electrons. The van der Waals surface area contributed by atoms with Crippen molar-refractivity contribution in [1.82, 2.24) is 36.8 Å². The topological polar surface area (TPSA) is 217 Å². The number of ketones is 1. The van der Waals surface area contributed by atoms with Crippen LogP contribution in [0.1, 0.15) is 83.9 Å². The zero-order valence-corrected chi connectivity index (χ0v) is 41.7. The number of nitrogens with one attached hydrogen (secondary N) is 6. The lowest BCUT2D eigenvalue weighted by atomic mass is 9.97. The molecule has 16 heteroatoms. The van der Waals surface area contributed by atoms with E-state index in [1.54, 1.807) is 0 Å². The molecule has 6 N–H and O–H groups in total. The molecule has 16 nitrogen and oxygen atoms in total. The smallest absolute Gasteiger partial charge is 0.243 e. The lowest BCUT2D eigenvalue weighted by molar-refractivity contribution is -0.136. The number of amides is 6. The van der Waals surface area contributed by atoms with Crippen LogP contribution in [0.5, 0.6) is 0 Å². The molecule has 3 aromatic rings. The van der Waals surface area contributed by atoms with Gasteiger partial charge in [0.2, 0.25) is 35.4 Å². The number of hydrogen-bond acceptors (Lipinski definition) is 10. The van der Waals surface area contributed by atoms with Crippen molar-refractivity contribution in [2.75, 3.05) is 39.5 Å². The molecule has 70 heavy (non-hydrogen) atoms. The number of benzene rings is 3. The fourth-order valence-corrected chi connectivity index (χ4v) is 8.47. The van der Waals surface area contributed by atoms with E-state index in [4.69, 9.17) is 9.47 Å². The number of rotatable bonds is 28. The van der Waals surface area contributed by atoms with Crippen molar-refractivity contribution >= 4 is 41.2 Å². The minimum absolute atomic E-state index is 0.0582. The van der Waals surface area contributed by atoms with Gasteiger partial charge in [0.1, 0.15) is 36.3 Å². The van der Waals surface area contributed by atoms with Gasteiger partial charge >= 0.3 is 0 Å². The highest BCUT2D eigenvalue weighted by atomic mass is 16.6. The van der Waals surface area contributed by atoms with Crippen LogP contribution in [0, 0.1) is 17.8 Å². The molecule has 2 fully saturated rings. The van der Waals surface area contributed by atoms with Crippen LogP contribution in [0.2, 0.25) is 0 Å². The Morgan fingerprint density at radius 3 is 1.30 bits per heavy atom. The minimum Gasteiger partial charge on any atom is -0.379 e. The average molecular weight is 966 g/mol. The predicted molar refractivity (Wildman–Crippen MR) is 267 cm³/mol. The third-order valence-corrected chi connectivity index (χ3v) is 12.2. The van der Waals surface area contributed by atoms with Crippen molar-refractivity contribution < 1.29 is 43.0 Å². The predicted octanol–water partition coefficient (Wildman–Crippen LogP) is 3.45. The van der Waals surface area contributed by atoms with Crippen molar-refractivity contribution in [3.05, 3.63) is 108 Å². The highest BCUT2D eigenvalue weighted by Crippen LogP contribution is 2.18. The van der Waals surface area contributed by atoms with Crippen LogP contribution in [-0.4, -0.2) is 128 Å². The second-order valence-electron chi connectivity index (χ2n) is 19.8. The molecule has 2 saturated heterocycles. The Kier molecular flexibility index (Phi) is 22.0. The third-order valence-electron chi connectivity index (χ3n) is 12.2. The molecule has 7 atom stereocenters. The first-order valence-electron chi connectivity index (χ1n) is 24.9. The number of carbonyl (C=O) groups excluding carboxylic acids is 7. The summed E-state index contributed by atoms with van der Waals surface area (Å²) in [6.07, 6.45) is 1.19. The summed E-state index contributed by atoms with van der Waals surface area (Å²) < 4.78 is 10.7. The van der Waals surface area contributed by atoms with Gasteiger partial charge in [-0.3, -0.25) is 38.5 Å². The van der Waals surface area contributed by atoms with Gasteiger partial charge in [-0.05, 0) is 66.5 Å². The first-order chi connectivity index (χ1) is 33.5. The van der Waals surface area contributed by atoms with E-state index in [1.165, 1.54) is 0 Å². The maximum absolute atomic E-state index is 14.6. The highest BCUT2D eigenvalue weighted by molar-refractivity contribution is 5.98. The number of hydrogen-bond donors (Lipinski definition) is 6. The standard InChI is InChI=1S/C54H75N7O9/c1-35(2)28-42(49(63)47-34-70-47)56-53(67)45(31-39-18-12-8-13-19-39)59-52(66)44(30-37(5)6)58-54(68)46(32-40-20-14-9-15-21-40)60-51(65)43(29-36(3)4)57-50(64)41(23-22-38-16-10-7-11-17-38)55-48(62)33-61-24-26-69-27-25-61/h7-21,35-37,41-47H,22-34H2,1-6H3,(H,55,62)(H,56,67)(H,57,64)(H,58,68)(H,59,66)(H,60,65)/t41-,42-,43-,44-,45-,46-,47?/m0/s1. The molecular weight excluding hydrogens is 891 g/mol.